The van der Waals surface area contributed by atoms with Crippen LogP contribution < -0.4 is 58.3 Å². The number of aromatic amines is 4. The number of hydrogen-bond acceptors (Lipinski definition) is 26. The molecule has 684 valence electrons. The first kappa shape index (κ1) is 115. The number of nitrogens with zero attached hydrogens (tertiary/aromatic N) is 10. The number of aryl methyl sites for hydroxylation is 3. The number of anilines is 1. The maximum Gasteiger partial charge on any atom is 1.00 e. The first-order chi connectivity index (χ1) is 59.3. The first-order valence-corrected chi connectivity index (χ1v) is 41.7. The molecule has 0 aliphatic carbocycles. The Morgan fingerprint density at radius 3 is 1.47 bits per heavy atom. The second kappa shape index (κ2) is 54.3. The van der Waals surface area contributed by atoms with Crippen molar-refractivity contribution in [3.05, 3.63) is 217 Å². The number of methoxy groups -OCH3 is 6. The van der Waals surface area contributed by atoms with Gasteiger partial charge in [-0.15, -0.1) is 0 Å². The van der Waals surface area contributed by atoms with E-state index in [1.54, 1.807) is 72.8 Å². The quantitative estimate of drug-likeness (QED) is 0.0147. The molecule has 4 atom stereocenters. The molecule has 0 radical (unpaired) electrons. The van der Waals surface area contributed by atoms with Gasteiger partial charge in [-0.25, -0.2) is 0 Å². The number of benzene rings is 8. The number of aldehydes is 1. The summed E-state index contributed by atoms with van der Waals surface area (Å²) in [6.45, 7) is 25.6. The number of nitrogen functional groups attached to an aromatic ring is 1. The van der Waals surface area contributed by atoms with E-state index in [-0.39, 0.29) is 96.3 Å². The number of nitro benzene ring substituents is 1. The molecule has 39 heteroatoms. The molecule has 12 aromatic rings. The molecule has 0 spiro atoms. The topological polar surface area (TPSA) is 490 Å². The predicted octanol–water partition coefficient (Wildman–Crippen LogP) is 16.7. The Morgan fingerprint density at radius 2 is 1.00 bits per heavy atom. The Bertz CT molecular complexity index is 5860. The Hall–Kier alpha value is -11.4. The van der Waals surface area contributed by atoms with Crippen molar-refractivity contribution < 1.29 is 91.3 Å². The molecule has 10 N–H and O–H groups in total. The molecular weight excluding hydrogens is 1850 g/mol. The maximum absolute atomic E-state index is 11.7. The van der Waals surface area contributed by atoms with Crippen LogP contribution in [-0.2, 0) is 20.3 Å². The average molecular weight is 1970 g/mol. The van der Waals surface area contributed by atoms with Crippen molar-refractivity contribution in [2.75, 3.05) is 61.5 Å². The number of ether oxygens (including phenoxy) is 6. The largest absolute Gasteiger partial charge is 1.00 e. The van der Waals surface area contributed by atoms with E-state index in [1.165, 1.54) is 70.3 Å². The Kier molecular flexibility index (Phi) is 47.9. The smallest absolute Gasteiger partial charge is 0.870 e. The summed E-state index contributed by atoms with van der Waals surface area (Å²) in [6.07, 6.45) is 12.4. The van der Waals surface area contributed by atoms with Crippen LogP contribution in [0.5, 0.6) is 34.5 Å². The fraction of sp³-hybridized carbons (Fsp3) is 0.352. The van der Waals surface area contributed by atoms with Gasteiger partial charge in [-0.1, -0.05) is 84.7 Å². The molecule has 3 aliphatic heterocycles. The van der Waals surface area contributed by atoms with Crippen LogP contribution in [0.4, 0.5) is 11.4 Å². The summed E-state index contributed by atoms with van der Waals surface area (Å²) in [7, 11) is 8.91. The number of likely N-dealkylation sites (tertiary alicyclic amines) is 1. The molecule has 1 unspecified atom stereocenters. The molecule has 8 aromatic carbocycles. The van der Waals surface area contributed by atoms with Gasteiger partial charge >= 0.3 is 40.2 Å². The number of H-pyrrole nitrogens is 4. The van der Waals surface area contributed by atoms with Crippen LogP contribution in [0.15, 0.2) is 123 Å². The summed E-state index contributed by atoms with van der Waals surface area (Å²) in [4.78, 5) is 46.5. The van der Waals surface area contributed by atoms with Crippen molar-refractivity contribution in [3.8, 4) is 58.8 Å². The van der Waals surface area contributed by atoms with Crippen molar-refractivity contribution >= 4 is 142 Å². The molecule has 3 saturated heterocycles. The van der Waals surface area contributed by atoms with E-state index in [2.05, 4.69) is 168 Å². The average Bonchev–Trinajstić information content (AvgIpc) is 1.33. The van der Waals surface area contributed by atoms with Crippen LogP contribution in [0.3, 0.4) is 0 Å². The van der Waals surface area contributed by atoms with Crippen molar-refractivity contribution in [1.82, 2.24) is 51.0 Å². The number of carbonyl (C=O) groups excluding carboxylic acids is 3. The van der Waals surface area contributed by atoms with E-state index in [4.69, 9.17) is 68.9 Å². The second-order valence-corrected chi connectivity index (χ2v) is 32.0. The van der Waals surface area contributed by atoms with Gasteiger partial charge in [-0.3, -0.25) is 49.8 Å². The molecule has 130 heavy (non-hydrogen) atoms. The third-order valence-corrected chi connectivity index (χ3v) is 23.0. The Labute approximate surface area is 797 Å². The normalized spacial score (nSPS) is 14.4. The number of nitriles is 4. The number of nitro groups is 1. The van der Waals surface area contributed by atoms with Gasteiger partial charge in [0.05, 0.1) is 110 Å². The third-order valence-electron chi connectivity index (χ3n) is 21.1. The minimum absolute atomic E-state index is 0. The fourth-order valence-electron chi connectivity index (χ4n) is 14.5. The molecule has 0 amide bonds. The zero-order valence-corrected chi connectivity index (χ0v) is 79.1. The van der Waals surface area contributed by atoms with Crippen molar-refractivity contribution in [1.29, 1.82) is 21.0 Å². The molecule has 15 rings (SSSR count). The molecule has 3 aliphatic rings. The number of ketones is 2. The van der Waals surface area contributed by atoms with Gasteiger partial charge in [-0.2, -0.15) is 41.4 Å². The third kappa shape index (κ3) is 28.5. The van der Waals surface area contributed by atoms with Gasteiger partial charge in [0.1, 0.15) is 75.5 Å². The van der Waals surface area contributed by atoms with Crippen LogP contribution in [0.1, 0.15) is 186 Å². The number of nitrogens with two attached hydrogens (primary N) is 1. The zero-order chi connectivity index (χ0) is 90.9. The Balaban J connectivity index is 0.000000511. The fourth-order valence-corrected chi connectivity index (χ4v) is 16.1. The Morgan fingerprint density at radius 1 is 0.585 bits per heavy atom. The molecule has 0 bridgehead atoms. The molecule has 3 fully saturated rings. The maximum atomic E-state index is 11.7. The summed E-state index contributed by atoms with van der Waals surface area (Å²) < 4.78 is 48.3. The van der Waals surface area contributed by atoms with Crippen LogP contribution in [-0.4, -0.2) is 157 Å². The number of piperidine rings is 2. The van der Waals surface area contributed by atoms with E-state index >= 15 is 0 Å². The molecule has 0 saturated carbocycles. The minimum Gasteiger partial charge on any atom is -0.870 e. The summed E-state index contributed by atoms with van der Waals surface area (Å²) in [5.74, 6) is 5.23. The number of hydrogen-bond donors (Lipinski definition) is 6. The van der Waals surface area contributed by atoms with Crippen molar-refractivity contribution in [2.45, 2.75) is 149 Å². The zero-order valence-electron chi connectivity index (χ0n) is 74.3. The second-order valence-electron chi connectivity index (χ2n) is 29.4. The number of aromatic nitrogens is 8. The summed E-state index contributed by atoms with van der Waals surface area (Å²) in [5, 5.41) is 81.1. The molecule has 4 aromatic heterocycles. The van der Waals surface area contributed by atoms with Gasteiger partial charge in [-0.05, 0) is 231 Å². The first-order valence-electron chi connectivity index (χ1n) is 39.4. The SMILES string of the molecule is C.C.C.CB1OB(C)OB(C)O1.CC(=O)c1ccc(C2C[C@H](C)CCN2)cc1.COc1cc(Br)c(N)c(C)c1C#N.COc1cc(Br)c([N+](=O)[O-])c(C)c1C#N.COc1cc(Br)c2[nH]ncc2c1C#N.COc1cc(C)c2[nH]ncc2c1C#N.COc1cc(C)c2[nH]ncc2c1CN1CC[C@@H](C)C[C@H]1c1ccc(C(C)=O)cc1.COc1cc(C)c2n[nH]cc2c1C=O.O.[Li+].[OH-]. The molecular formula is C91H113B3Br3LiN16O16. The summed E-state index contributed by atoms with van der Waals surface area (Å²) >= 11 is 9.73. The number of fused-ring (bicyclic) bond motifs is 4. The number of Topliss-reactive ketones (excluding diaryl/α,β-unsaturated/α-hetero) is 2. The van der Waals surface area contributed by atoms with Crippen molar-refractivity contribution in [2.24, 2.45) is 11.8 Å². The van der Waals surface area contributed by atoms with E-state index < -0.39 is 4.92 Å². The van der Waals surface area contributed by atoms with Crippen LogP contribution in [0.2, 0.25) is 20.5 Å². The standard InChI is InChI=1S/C24H29N3O2.C14H19NO.C10H9N3O.C10H10N2O2.C9H6BrN3O.C9H7BrN2O3.C9H9BrN2O.C3H9B3O3.3CH4.Li.2H2O/c1-15-9-10-27(22(11-15)19-7-5-18(6-8-19)17(3)28)14-21-20-13-25-26-24(20)16(2)12-23(21)29-4;1-10-7-8-15-14(9-10)13-5-3-12(4-6-13)11(2)16;1-6-3-9(14-2)7(4-11)8-5-12-13-10(6)8;1-6-3-9(14-2)8(5-13)7-4-11-12-10(6)7;1-14-8-2-7(10)9-6(4-12-13-9)5(8)3-11;1-5-6(4-11)8(15-2)3-7(10)9(5)12(13)14;1-5-6(4-11)8(13-2)3-7(10)9(5)12;1-4-7-5(2)9-6(3)8-4;;;;;;/h5-8,12-13,15,22H,9-11,14H2,1-4H3,(H,25,26);3-6,10,14-15H,7-9H2,1-2H3;3,5H,1-2H3,(H,12,13);3-5H,1-2H3,(H,11,12);2,4H,1H3,(H,12,13);3H,1-2H3;3H,12H2,1-2H3;1-3H3;3*1H4;;2*1H2/q;;;;;;;;;;;+1;;/p-1/t15-,22+;10-,14?;;;;;;;;;;;;/m11............/s1. The molecule has 7 heterocycles. The number of carbonyl (C=O) groups is 3. The van der Waals surface area contributed by atoms with Crippen LogP contribution in [0.25, 0.3) is 43.6 Å². The van der Waals surface area contributed by atoms with Gasteiger partial charge in [0.2, 0.25) is 0 Å². The van der Waals surface area contributed by atoms with E-state index in [0.29, 0.717) is 84.7 Å². The monoisotopic (exact) mass is 1960 g/mol. The minimum atomic E-state index is -0.528. The van der Waals surface area contributed by atoms with E-state index in [9.17, 15) is 24.5 Å². The van der Waals surface area contributed by atoms with Gasteiger partial charge < -0.3 is 64.1 Å². The number of rotatable bonds is 14. The van der Waals surface area contributed by atoms with Crippen LogP contribution >= 0.6 is 47.8 Å². The predicted molar refractivity (Wildman–Crippen MR) is 516 cm³/mol. The van der Waals surface area contributed by atoms with Gasteiger partial charge in [0, 0.05) is 83.6 Å². The van der Waals surface area contributed by atoms with E-state index in [0.717, 1.165) is 130 Å². The van der Waals surface area contributed by atoms with Crippen molar-refractivity contribution in [3.63, 3.8) is 0 Å². The van der Waals surface area contributed by atoms with Crippen LogP contribution in [0, 0.1) is 102 Å². The summed E-state index contributed by atoms with van der Waals surface area (Å²) in [6, 6.07) is 35.7. The van der Waals surface area contributed by atoms with E-state index in [1.807, 2.05) is 83.0 Å². The summed E-state index contributed by atoms with van der Waals surface area (Å²) in [5.41, 5.74) is 21.6. The number of halogens is 3. The molecule has 32 nitrogen and oxygen atoms in total. The van der Waals surface area contributed by atoms with Gasteiger partial charge in [0.15, 0.2) is 17.9 Å². The van der Waals surface area contributed by atoms with Gasteiger partial charge in [0.25, 0.3) is 5.69 Å². The number of nitrogens with one attached hydrogen (secondary N) is 5.